The first-order chi connectivity index (χ1) is 8.77. The molecular weight excluding hydrogens is 228 g/mol. The molecule has 0 aromatic carbocycles. The van der Waals surface area contributed by atoms with Crippen LogP contribution in [0.25, 0.3) is 0 Å². The van der Waals surface area contributed by atoms with Crippen LogP contribution in [0.3, 0.4) is 0 Å². The third-order valence-electron chi connectivity index (χ3n) is 4.03. The largest absolute Gasteiger partial charge is 0.345 e. The highest BCUT2D eigenvalue weighted by Gasteiger charge is 2.25. The summed E-state index contributed by atoms with van der Waals surface area (Å²) in [5.41, 5.74) is 0. The van der Waals surface area contributed by atoms with Crippen molar-refractivity contribution in [2.75, 3.05) is 13.1 Å². The highest BCUT2D eigenvalue weighted by atomic mass is 16.2. The van der Waals surface area contributed by atoms with E-state index in [4.69, 9.17) is 0 Å². The lowest BCUT2D eigenvalue weighted by atomic mass is 9.95. The molecule has 0 aromatic heterocycles. The van der Waals surface area contributed by atoms with Crippen molar-refractivity contribution in [2.45, 2.75) is 63.8 Å². The number of carbonyl (C=O) groups excluding carboxylic acids is 2. The number of rotatable bonds is 1. The van der Waals surface area contributed by atoms with E-state index in [1.54, 1.807) is 4.90 Å². The van der Waals surface area contributed by atoms with Crippen molar-refractivity contribution in [1.29, 1.82) is 0 Å². The SMILES string of the molecule is O=C(NC1CCCCC1)C(=O)N1CCCCCC1. The molecule has 1 heterocycles. The van der Waals surface area contributed by atoms with E-state index in [0.717, 1.165) is 38.8 Å². The lowest BCUT2D eigenvalue weighted by Gasteiger charge is -2.25. The Morgan fingerprint density at radius 3 is 2.00 bits per heavy atom. The van der Waals surface area contributed by atoms with Gasteiger partial charge < -0.3 is 10.2 Å². The first kappa shape index (κ1) is 13.4. The number of amides is 2. The highest BCUT2D eigenvalue weighted by Crippen LogP contribution is 2.17. The van der Waals surface area contributed by atoms with E-state index in [2.05, 4.69) is 5.32 Å². The van der Waals surface area contributed by atoms with E-state index in [1.165, 1.54) is 32.1 Å². The summed E-state index contributed by atoms with van der Waals surface area (Å²) in [6.45, 7) is 1.49. The van der Waals surface area contributed by atoms with Gasteiger partial charge in [-0.15, -0.1) is 0 Å². The molecule has 1 aliphatic heterocycles. The maximum Gasteiger partial charge on any atom is 0.311 e. The number of nitrogens with one attached hydrogen (secondary N) is 1. The second kappa shape index (κ2) is 6.76. The first-order valence-electron chi connectivity index (χ1n) is 7.37. The van der Waals surface area contributed by atoms with Gasteiger partial charge in [0.15, 0.2) is 0 Å². The molecule has 0 aromatic rings. The number of carbonyl (C=O) groups is 2. The number of nitrogens with zero attached hydrogens (tertiary/aromatic N) is 1. The molecule has 2 fully saturated rings. The molecule has 4 heteroatoms. The lowest BCUT2D eigenvalue weighted by molar-refractivity contribution is -0.146. The van der Waals surface area contributed by atoms with Crippen LogP contribution in [0.2, 0.25) is 0 Å². The van der Waals surface area contributed by atoms with Crippen LogP contribution in [-0.4, -0.2) is 35.8 Å². The molecule has 18 heavy (non-hydrogen) atoms. The molecule has 2 aliphatic rings. The molecule has 2 rings (SSSR count). The van der Waals surface area contributed by atoms with E-state index < -0.39 is 0 Å². The molecule has 4 nitrogen and oxygen atoms in total. The Hall–Kier alpha value is -1.06. The third kappa shape index (κ3) is 3.72. The fraction of sp³-hybridized carbons (Fsp3) is 0.857. The van der Waals surface area contributed by atoms with Crippen LogP contribution in [0.4, 0.5) is 0 Å². The summed E-state index contributed by atoms with van der Waals surface area (Å²) in [5.74, 6) is -0.703. The van der Waals surface area contributed by atoms with Gasteiger partial charge in [0.05, 0.1) is 0 Å². The van der Waals surface area contributed by atoms with E-state index in [-0.39, 0.29) is 17.9 Å². The summed E-state index contributed by atoms with van der Waals surface area (Å²) in [5, 5.41) is 2.91. The van der Waals surface area contributed by atoms with Gasteiger partial charge in [0, 0.05) is 19.1 Å². The molecule has 1 N–H and O–H groups in total. The van der Waals surface area contributed by atoms with Gasteiger partial charge in [-0.2, -0.15) is 0 Å². The van der Waals surface area contributed by atoms with Crippen molar-refractivity contribution >= 4 is 11.8 Å². The number of hydrogen-bond acceptors (Lipinski definition) is 2. The first-order valence-corrected chi connectivity index (χ1v) is 7.37. The smallest absolute Gasteiger partial charge is 0.311 e. The average molecular weight is 252 g/mol. The Morgan fingerprint density at radius 2 is 1.39 bits per heavy atom. The fourth-order valence-corrected chi connectivity index (χ4v) is 2.91. The Bertz CT molecular complexity index is 290. The molecule has 1 aliphatic carbocycles. The molecule has 102 valence electrons. The molecule has 2 amide bonds. The van der Waals surface area contributed by atoms with Crippen LogP contribution >= 0.6 is 0 Å². The monoisotopic (exact) mass is 252 g/mol. The van der Waals surface area contributed by atoms with Crippen molar-refractivity contribution in [3.05, 3.63) is 0 Å². The van der Waals surface area contributed by atoms with Gasteiger partial charge in [-0.25, -0.2) is 0 Å². The zero-order valence-electron chi connectivity index (χ0n) is 11.1. The van der Waals surface area contributed by atoms with Crippen LogP contribution in [0, 0.1) is 0 Å². The predicted molar refractivity (Wildman–Crippen MR) is 70.1 cm³/mol. The van der Waals surface area contributed by atoms with Crippen molar-refractivity contribution in [2.24, 2.45) is 0 Å². The summed E-state index contributed by atoms with van der Waals surface area (Å²) >= 11 is 0. The topological polar surface area (TPSA) is 49.4 Å². The standard InChI is InChI=1S/C14H24N2O2/c17-13(15-12-8-4-3-5-9-12)14(18)16-10-6-1-2-7-11-16/h12H,1-11H2,(H,15,17). The van der Waals surface area contributed by atoms with Gasteiger partial charge in [-0.05, 0) is 25.7 Å². The summed E-state index contributed by atoms with van der Waals surface area (Å²) < 4.78 is 0. The molecule has 0 spiro atoms. The molecule has 0 atom stereocenters. The maximum absolute atomic E-state index is 12.0. The van der Waals surface area contributed by atoms with Crippen LogP contribution in [0.5, 0.6) is 0 Å². The third-order valence-corrected chi connectivity index (χ3v) is 4.03. The van der Waals surface area contributed by atoms with Gasteiger partial charge in [0.2, 0.25) is 0 Å². The minimum atomic E-state index is -0.385. The summed E-state index contributed by atoms with van der Waals surface area (Å²) in [6.07, 6.45) is 10.1. The van der Waals surface area contributed by atoms with Crippen molar-refractivity contribution < 1.29 is 9.59 Å². The minimum Gasteiger partial charge on any atom is -0.345 e. The molecule has 0 unspecified atom stereocenters. The van der Waals surface area contributed by atoms with E-state index in [0.29, 0.717) is 0 Å². The van der Waals surface area contributed by atoms with Gasteiger partial charge >= 0.3 is 11.8 Å². The van der Waals surface area contributed by atoms with E-state index >= 15 is 0 Å². The Kier molecular flexibility index (Phi) is 5.02. The van der Waals surface area contributed by atoms with Crippen molar-refractivity contribution in [1.82, 2.24) is 10.2 Å². The molecular formula is C14H24N2O2. The van der Waals surface area contributed by atoms with Gasteiger partial charge in [0.1, 0.15) is 0 Å². The predicted octanol–water partition coefficient (Wildman–Crippen LogP) is 1.84. The Labute approximate surface area is 109 Å². The normalized spacial score (nSPS) is 22.3. The van der Waals surface area contributed by atoms with Crippen LogP contribution in [0.1, 0.15) is 57.8 Å². The fourth-order valence-electron chi connectivity index (χ4n) is 2.91. The minimum absolute atomic E-state index is 0.224. The second-order valence-electron chi connectivity index (χ2n) is 5.51. The molecule has 0 radical (unpaired) electrons. The molecule has 1 saturated carbocycles. The molecule has 0 bridgehead atoms. The average Bonchev–Trinajstić information content (AvgIpc) is 2.68. The highest BCUT2D eigenvalue weighted by molar-refractivity contribution is 6.35. The van der Waals surface area contributed by atoms with E-state index in [1.807, 2.05) is 0 Å². The van der Waals surface area contributed by atoms with Crippen LogP contribution < -0.4 is 5.32 Å². The lowest BCUT2D eigenvalue weighted by Crippen LogP contribution is -2.47. The van der Waals surface area contributed by atoms with E-state index in [9.17, 15) is 9.59 Å². The quantitative estimate of drug-likeness (QED) is 0.724. The van der Waals surface area contributed by atoms with Crippen molar-refractivity contribution in [3.63, 3.8) is 0 Å². The van der Waals surface area contributed by atoms with Gasteiger partial charge in [0.25, 0.3) is 0 Å². The zero-order chi connectivity index (χ0) is 12.8. The van der Waals surface area contributed by atoms with Gasteiger partial charge in [-0.3, -0.25) is 9.59 Å². The Morgan fingerprint density at radius 1 is 0.833 bits per heavy atom. The Balaban J connectivity index is 1.81. The second-order valence-corrected chi connectivity index (χ2v) is 5.51. The summed E-state index contributed by atoms with van der Waals surface area (Å²) in [7, 11) is 0. The zero-order valence-corrected chi connectivity index (χ0v) is 11.1. The number of likely N-dealkylation sites (tertiary alicyclic amines) is 1. The summed E-state index contributed by atoms with van der Waals surface area (Å²) in [4.78, 5) is 25.7. The van der Waals surface area contributed by atoms with Crippen LogP contribution in [-0.2, 0) is 9.59 Å². The van der Waals surface area contributed by atoms with Gasteiger partial charge in [-0.1, -0.05) is 32.1 Å². The summed E-state index contributed by atoms with van der Waals surface area (Å²) in [6, 6.07) is 0.224. The van der Waals surface area contributed by atoms with Crippen LogP contribution in [0.15, 0.2) is 0 Å². The molecule has 1 saturated heterocycles. The number of hydrogen-bond donors (Lipinski definition) is 1. The van der Waals surface area contributed by atoms with Crippen molar-refractivity contribution in [3.8, 4) is 0 Å². The maximum atomic E-state index is 12.0.